The van der Waals surface area contributed by atoms with E-state index < -0.39 is 0 Å². The number of ether oxygens (including phenoxy) is 1. The topological polar surface area (TPSA) is 21.3 Å². The molecule has 1 aromatic rings. The summed E-state index contributed by atoms with van der Waals surface area (Å²) in [6.07, 6.45) is 5.06. The minimum Gasteiger partial charge on any atom is -0.492 e. The summed E-state index contributed by atoms with van der Waals surface area (Å²) in [7, 11) is 0. The zero-order valence-corrected chi connectivity index (χ0v) is 8.72. The lowest BCUT2D eigenvalue weighted by atomic mass is 10.2. The van der Waals surface area contributed by atoms with Crippen molar-refractivity contribution in [2.75, 3.05) is 19.7 Å². The molecule has 0 saturated carbocycles. The van der Waals surface area contributed by atoms with E-state index in [4.69, 9.17) is 11.2 Å². The third-order valence-electron chi connectivity index (χ3n) is 1.91. The molecule has 0 saturated heterocycles. The number of benzene rings is 1. The molecule has 0 fully saturated rings. The maximum atomic E-state index is 12.9. The lowest BCUT2D eigenvalue weighted by Crippen LogP contribution is -2.21. The predicted octanol–water partition coefficient (Wildman–Crippen LogP) is 1.74. The van der Waals surface area contributed by atoms with E-state index in [1.165, 1.54) is 12.1 Å². The largest absolute Gasteiger partial charge is 0.492 e. The Labute approximate surface area is 89.4 Å². The van der Waals surface area contributed by atoms with Crippen molar-refractivity contribution in [1.82, 2.24) is 5.32 Å². The van der Waals surface area contributed by atoms with Crippen molar-refractivity contribution in [3.05, 3.63) is 29.6 Å². The Morgan fingerprint density at radius 3 is 3.07 bits per heavy atom. The second kappa shape index (κ2) is 6.05. The Hall–Kier alpha value is -1.53. The first-order valence-electron chi connectivity index (χ1n) is 4.77. The molecule has 0 atom stereocenters. The molecule has 1 aromatic carbocycles. The first kappa shape index (κ1) is 11.5. The van der Waals surface area contributed by atoms with Crippen molar-refractivity contribution in [2.45, 2.75) is 6.92 Å². The van der Waals surface area contributed by atoms with Crippen LogP contribution >= 0.6 is 0 Å². The molecule has 0 aliphatic carbocycles. The van der Waals surface area contributed by atoms with Gasteiger partial charge in [-0.2, -0.15) is 0 Å². The number of aryl methyl sites for hydroxylation is 1. The van der Waals surface area contributed by atoms with E-state index in [0.29, 0.717) is 25.4 Å². The molecular formula is C12H14FNO. The molecule has 80 valence electrons. The average molecular weight is 207 g/mol. The van der Waals surface area contributed by atoms with Gasteiger partial charge in [0.05, 0.1) is 6.54 Å². The maximum Gasteiger partial charge on any atom is 0.126 e. The molecule has 0 radical (unpaired) electrons. The van der Waals surface area contributed by atoms with E-state index in [1.807, 2.05) is 6.92 Å². The fourth-order valence-electron chi connectivity index (χ4n) is 1.12. The van der Waals surface area contributed by atoms with E-state index >= 15 is 0 Å². The highest BCUT2D eigenvalue weighted by molar-refractivity contribution is 5.32. The fraction of sp³-hybridized carbons (Fsp3) is 0.333. The second-order valence-electron chi connectivity index (χ2n) is 3.14. The molecule has 3 heteroatoms. The summed E-state index contributed by atoms with van der Waals surface area (Å²) < 4.78 is 18.2. The normalized spacial score (nSPS) is 9.67. The minimum absolute atomic E-state index is 0.285. The summed E-state index contributed by atoms with van der Waals surface area (Å²) >= 11 is 0. The van der Waals surface area contributed by atoms with Crippen LogP contribution in [0.1, 0.15) is 5.56 Å². The van der Waals surface area contributed by atoms with Crippen molar-refractivity contribution in [2.24, 2.45) is 0 Å². The SMILES string of the molecule is C#CCNCCOc1cc(F)ccc1C. The summed E-state index contributed by atoms with van der Waals surface area (Å²) in [5.74, 6) is 2.76. The van der Waals surface area contributed by atoms with Gasteiger partial charge in [0.15, 0.2) is 0 Å². The van der Waals surface area contributed by atoms with Crippen LogP contribution in [0.5, 0.6) is 5.75 Å². The van der Waals surface area contributed by atoms with Crippen LogP contribution in [0.15, 0.2) is 18.2 Å². The van der Waals surface area contributed by atoms with Gasteiger partial charge < -0.3 is 10.1 Å². The van der Waals surface area contributed by atoms with Gasteiger partial charge in [0.1, 0.15) is 18.2 Å². The minimum atomic E-state index is -0.285. The number of rotatable bonds is 5. The molecule has 1 rings (SSSR count). The molecule has 0 amide bonds. The van der Waals surface area contributed by atoms with Crippen molar-refractivity contribution < 1.29 is 9.13 Å². The number of nitrogens with one attached hydrogen (secondary N) is 1. The van der Waals surface area contributed by atoms with Crippen LogP contribution in [-0.4, -0.2) is 19.7 Å². The van der Waals surface area contributed by atoms with Crippen molar-refractivity contribution >= 4 is 0 Å². The molecule has 15 heavy (non-hydrogen) atoms. The lowest BCUT2D eigenvalue weighted by molar-refractivity contribution is 0.313. The van der Waals surface area contributed by atoms with Crippen LogP contribution < -0.4 is 10.1 Å². The summed E-state index contributed by atoms with van der Waals surface area (Å²) in [4.78, 5) is 0. The van der Waals surface area contributed by atoms with E-state index in [1.54, 1.807) is 6.07 Å². The van der Waals surface area contributed by atoms with Gasteiger partial charge in [-0.25, -0.2) is 4.39 Å². The Morgan fingerprint density at radius 1 is 1.53 bits per heavy atom. The average Bonchev–Trinajstić information content (AvgIpc) is 2.23. The zero-order valence-electron chi connectivity index (χ0n) is 8.72. The molecule has 0 bridgehead atoms. The molecule has 0 unspecified atom stereocenters. The van der Waals surface area contributed by atoms with E-state index in [2.05, 4.69) is 11.2 Å². The van der Waals surface area contributed by atoms with Gasteiger partial charge >= 0.3 is 0 Å². The maximum absolute atomic E-state index is 12.9. The van der Waals surface area contributed by atoms with Crippen LogP contribution in [0.25, 0.3) is 0 Å². The Kier molecular flexibility index (Phi) is 4.65. The number of hydrogen-bond acceptors (Lipinski definition) is 2. The van der Waals surface area contributed by atoms with Gasteiger partial charge in [0.2, 0.25) is 0 Å². The molecule has 0 aliphatic rings. The van der Waals surface area contributed by atoms with Gasteiger partial charge in [0, 0.05) is 12.6 Å². The van der Waals surface area contributed by atoms with E-state index in [9.17, 15) is 4.39 Å². The van der Waals surface area contributed by atoms with Crippen molar-refractivity contribution in [3.63, 3.8) is 0 Å². The highest BCUT2D eigenvalue weighted by Gasteiger charge is 2.00. The third kappa shape index (κ3) is 4.01. The molecule has 0 heterocycles. The van der Waals surface area contributed by atoms with Crippen LogP contribution in [0.4, 0.5) is 4.39 Å². The second-order valence-corrected chi connectivity index (χ2v) is 3.14. The van der Waals surface area contributed by atoms with E-state index in [0.717, 1.165) is 5.56 Å². The van der Waals surface area contributed by atoms with Crippen LogP contribution in [0, 0.1) is 25.1 Å². The van der Waals surface area contributed by atoms with Crippen molar-refractivity contribution in [1.29, 1.82) is 0 Å². The summed E-state index contributed by atoms with van der Waals surface area (Å²) in [6.45, 7) is 3.53. The molecule has 0 aliphatic heterocycles. The quantitative estimate of drug-likeness (QED) is 0.586. The van der Waals surface area contributed by atoms with Crippen molar-refractivity contribution in [3.8, 4) is 18.1 Å². The third-order valence-corrected chi connectivity index (χ3v) is 1.91. The van der Waals surface area contributed by atoms with Gasteiger partial charge in [-0.1, -0.05) is 12.0 Å². The van der Waals surface area contributed by atoms with E-state index in [-0.39, 0.29) is 5.82 Å². The van der Waals surface area contributed by atoms with Gasteiger partial charge in [-0.15, -0.1) is 6.42 Å². The predicted molar refractivity (Wildman–Crippen MR) is 58.3 cm³/mol. The summed E-state index contributed by atoms with van der Waals surface area (Å²) in [5.41, 5.74) is 0.924. The summed E-state index contributed by atoms with van der Waals surface area (Å²) in [5, 5.41) is 2.98. The zero-order chi connectivity index (χ0) is 11.1. The molecule has 1 N–H and O–H groups in total. The first-order valence-corrected chi connectivity index (χ1v) is 4.77. The fourth-order valence-corrected chi connectivity index (χ4v) is 1.12. The van der Waals surface area contributed by atoms with Gasteiger partial charge in [0.25, 0.3) is 0 Å². The molecule has 0 aromatic heterocycles. The monoisotopic (exact) mass is 207 g/mol. The summed E-state index contributed by atoms with van der Waals surface area (Å²) in [6, 6.07) is 4.49. The molecule has 0 spiro atoms. The standard InChI is InChI=1S/C12H14FNO/c1-3-6-14-7-8-15-12-9-11(13)5-4-10(12)2/h1,4-5,9,14H,6-8H2,2H3. The smallest absolute Gasteiger partial charge is 0.126 e. The number of terminal acetylenes is 1. The van der Waals surface area contributed by atoms with Crippen LogP contribution in [0.2, 0.25) is 0 Å². The molecular weight excluding hydrogens is 193 g/mol. The highest BCUT2D eigenvalue weighted by atomic mass is 19.1. The Morgan fingerprint density at radius 2 is 2.33 bits per heavy atom. The number of halogens is 1. The first-order chi connectivity index (χ1) is 7.24. The number of hydrogen-bond donors (Lipinski definition) is 1. The Bertz CT molecular complexity index is 357. The lowest BCUT2D eigenvalue weighted by Gasteiger charge is -2.08. The Balaban J connectivity index is 2.37. The van der Waals surface area contributed by atoms with Gasteiger partial charge in [-0.05, 0) is 18.6 Å². The van der Waals surface area contributed by atoms with Crippen LogP contribution in [0.3, 0.4) is 0 Å². The van der Waals surface area contributed by atoms with Gasteiger partial charge in [-0.3, -0.25) is 0 Å². The van der Waals surface area contributed by atoms with Crippen LogP contribution in [-0.2, 0) is 0 Å². The highest BCUT2D eigenvalue weighted by Crippen LogP contribution is 2.18. The molecule has 2 nitrogen and oxygen atoms in total.